The van der Waals surface area contributed by atoms with E-state index >= 15 is 0 Å². The van der Waals surface area contributed by atoms with Gasteiger partial charge in [0, 0.05) is 18.6 Å². The molecule has 1 aliphatic heterocycles. The minimum absolute atomic E-state index is 0.0958. The molecule has 1 heterocycles. The summed E-state index contributed by atoms with van der Waals surface area (Å²) >= 11 is 0. The molecule has 1 aliphatic rings. The molecule has 0 amide bonds. The number of rotatable bonds is 3. The average Bonchev–Trinajstić information content (AvgIpc) is 2.83. The molecule has 0 bridgehead atoms. The van der Waals surface area contributed by atoms with Gasteiger partial charge in [-0.3, -0.25) is 0 Å². The molecular formula is C13H16F3NO. The minimum Gasteiger partial charge on any atom is -0.381 e. The lowest BCUT2D eigenvalue weighted by Crippen LogP contribution is -2.28. The highest BCUT2D eigenvalue weighted by molar-refractivity contribution is 5.33. The average molecular weight is 259 g/mol. The lowest BCUT2D eigenvalue weighted by Gasteiger charge is -2.25. The van der Waals surface area contributed by atoms with E-state index in [-0.39, 0.29) is 12.0 Å². The Morgan fingerprint density at radius 2 is 2.06 bits per heavy atom. The number of ether oxygens (including phenoxy) is 1. The van der Waals surface area contributed by atoms with Crippen LogP contribution in [0.3, 0.4) is 0 Å². The van der Waals surface area contributed by atoms with Gasteiger partial charge in [-0.05, 0) is 25.1 Å². The summed E-state index contributed by atoms with van der Waals surface area (Å²) in [4.78, 5) is 0. The number of alkyl halides is 3. The first kappa shape index (κ1) is 13.4. The van der Waals surface area contributed by atoms with Crippen LogP contribution in [0, 0.1) is 5.92 Å². The molecular weight excluding hydrogens is 243 g/mol. The van der Waals surface area contributed by atoms with E-state index in [0.717, 1.165) is 12.5 Å². The van der Waals surface area contributed by atoms with Crippen LogP contribution in [0.15, 0.2) is 24.3 Å². The van der Waals surface area contributed by atoms with E-state index in [4.69, 9.17) is 4.74 Å². The van der Waals surface area contributed by atoms with Gasteiger partial charge in [0.2, 0.25) is 0 Å². The van der Waals surface area contributed by atoms with Crippen molar-refractivity contribution >= 4 is 0 Å². The normalized spacial score (nSPS) is 22.1. The highest BCUT2D eigenvalue weighted by atomic mass is 19.4. The lowest BCUT2D eigenvalue weighted by molar-refractivity contribution is -0.138. The molecule has 2 nitrogen and oxygen atoms in total. The van der Waals surface area contributed by atoms with Gasteiger partial charge in [-0.2, -0.15) is 13.2 Å². The summed E-state index contributed by atoms with van der Waals surface area (Å²) in [6.45, 7) is 1.13. The smallest absolute Gasteiger partial charge is 0.381 e. The lowest BCUT2D eigenvalue weighted by atomic mass is 9.89. The van der Waals surface area contributed by atoms with E-state index in [1.165, 1.54) is 6.07 Å². The highest BCUT2D eigenvalue weighted by Gasteiger charge is 2.37. The van der Waals surface area contributed by atoms with Gasteiger partial charge in [0.1, 0.15) is 0 Å². The molecule has 0 saturated carbocycles. The maximum atomic E-state index is 13.0. The van der Waals surface area contributed by atoms with Gasteiger partial charge in [-0.15, -0.1) is 0 Å². The zero-order chi connectivity index (χ0) is 13.2. The van der Waals surface area contributed by atoms with Crippen LogP contribution in [0.1, 0.15) is 23.6 Å². The summed E-state index contributed by atoms with van der Waals surface area (Å²) in [5.41, 5.74) is -0.251. The van der Waals surface area contributed by atoms with Crippen molar-refractivity contribution in [1.29, 1.82) is 0 Å². The molecule has 1 saturated heterocycles. The summed E-state index contributed by atoms with van der Waals surface area (Å²) in [5.74, 6) is 0.0958. The quantitative estimate of drug-likeness (QED) is 0.901. The Hall–Kier alpha value is -1.07. The summed E-state index contributed by atoms with van der Waals surface area (Å²) < 4.78 is 44.2. The van der Waals surface area contributed by atoms with Crippen LogP contribution in [-0.2, 0) is 10.9 Å². The zero-order valence-corrected chi connectivity index (χ0v) is 10.1. The third-order valence-electron chi connectivity index (χ3n) is 3.35. The third-order valence-corrected chi connectivity index (χ3v) is 3.35. The molecule has 1 aromatic rings. The fourth-order valence-electron chi connectivity index (χ4n) is 2.49. The number of hydrogen-bond donors (Lipinski definition) is 1. The summed E-state index contributed by atoms with van der Waals surface area (Å²) in [6.07, 6.45) is -3.52. The van der Waals surface area contributed by atoms with Crippen molar-refractivity contribution in [2.45, 2.75) is 18.6 Å². The van der Waals surface area contributed by atoms with Crippen LogP contribution >= 0.6 is 0 Å². The highest BCUT2D eigenvalue weighted by Crippen LogP contribution is 2.38. The third kappa shape index (κ3) is 2.67. The van der Waals surface area contributed by atoms with Crippen molar-refractivity contribution in [3.8, 4) is 0 Å². The Labute approximate surface area is 104 Å². The largest absolute Gasteiger partial charge is 0.416 e. The second kappa shape index (κ2) is 5.28. The zero-order valence-electron chi connectivity index (χ0n) is 10.1. The van der Waals surface area contributed by atoms with Crippen LogP contribution < -0.4 is 5.32 Å². The van der Waals surface area contributed by atoms with Crippen molar-refractivity contribution in [2.75, 3.05) is 20.3 Å². The summed E-state index contributed by atoms with van der Waals surface area (Å²) in [6, 6.07) is 5.43. The molecule has 1 fully saturated rings. The summed E-state index contributed by atoms with van der Waals surface area (Å²) in [5, 5.41) is 2.99. The summed E-state index contributed by atoms with van der Waals surface area (Å²) in [7, 11) is 1.69. The Balaban J connectivity index is 2.35. The van der Waals surface area contributed by atoms with E-state index in [9.17, 15) is 13.2 Å². The Bertz CT molecular complexity index is 399. The van der Waals surface area contributed by atoms with Crippen molar-refractivity contribution in [2.24, 2.45) is 5.92 Å². The molecule has 1 aromatic carbocycles. The molecule has 0 aromatic heterocycles. The van der Waals surface area contributed by atoms with Gasteiger partial charge in [0.15, 0.2) is 0 Å². The maximum absolute atomic E-state index is 13.0. The van der Waals surface area contributed by atoms with Crippen molar-refractivity contribution in [3.05, 3.63) is 35.4 Å². The molecule has 2 unspecified atom stereocenters. The van der Waals surface area contributed by atoms with E-state index in [0.29, 0.717) is 18.8 Å². The monoisotopic (exact) mass is 259 g/mol. The minimum atomic E-state index is -4.31. The SMILES string of the molecule is CNC(c1ccccc1C(F)(F)F)C1CCOC1. The van der Waals surface area contributed by atoms with E-state index in [1.807, 2.05) is 0 Å². The first-order valence-corrected chi connectivity index (χ1v) is 5.95. The van der Waals surface area contributed by atoms with Gasteiger partial charge < -0.3 is 10.1 Å². The molecule has 2 atom stereocenters. The predicted octanol–water partition coefficient (Wildman–Crippen LogP) is 3.00. The Morgan fingerprint density at radius 3 is 2.61 bits per heavy atom. The number of halogens is 3. The van der Waals surface area contributed by atoms with E-state index in [1.54, 1.807) is 19.2 Å². The molecule has 18 heavy (non-hydrogen) atoms. The topological polar surface area (TPSA) is 21.3 Å². The molecule has 5 heteroatoms. The molecule has 1 N–H and O–H groups in total. The van der Waals surface area contributed by atoms with E-state index < -0.39 is 11.7 Å². The van der Waals surface area contributed by atoms with Crippen LogP contribution in [0.2, 0.25) is 0 Å². The van der Waals surface area contributed by atoms with Crippen molar-refractivity contribution in [3.63, 3.8) is 0 Å². The first-order valence-electron chi connectivity index (χ1n) is 5.95. The fraction of sp³-hybridized carbons (Fsp3) is 0.538. The Morgan fingerprint density at radius 1 is 1.33 bits per heavy atom. The van der Waals surface area contributed by atoms with Gasteiger partial charge in [-0.1, -0.05) is 18.2 Å². The van der Waals surface area contributed by atoms with Crippen LogP contribution in [0.4, 0.5) is 13.2 Å². The van der Waals surface area contributed by atoms with Crippen LogP contribution in [0.25, 0.3) is 0 Å². The van der Waals surface area contributed by atoms with Gasteiger partial charge in [-0.25, -0.2) is 0 Å². The number of benzene rings is 1. The molecule has 0 radical (unpaired) electrons. The van der Waals surface area contributed by atoms with Crippen LogP contribution in [-0.4, -0.2) is 20.3 Å². The fourth-order valence-corrected chi connectivity index (χ4v) is 2.49. The van der Waals surface area contributed by atoms with E-state index in [2.05, 4.69) is 5.32 Å². The second-order valence-corrected chi connectivity index (χ2v) is 4.48. The van der Waals surface area contributed by atoms with Gasteiger partial charge >= 0.3 is 6.18 Å². The Kier molecular flexibility index (Phi) is 3.92. The molecule has 0 aliphatic carbocycles. The number of nitrogens with one attached hydrogen (secondary N) is 1. The standard InChI is InChI=1S/C13H16F3NO/c1-17-12(9-6-7-18-8-9)10-4-2-3-5-11(10)13(14,15)16/h2-5,9,12,17H,6-8H2,1H3. The van der Waals surface area contributed by atoms with Crippen molar-refractivity contribution in [1.82, 2.24) is 5.32 Å². The van der Waals surface area contributed by atoms with Gasteiger partial charge in [0.25, 0.3) is 0 Å². The van der Waals surface area contributed by atoms with Crippen molar-refractivity contribution < 1.29 is 17.9 Å². The molecule has 2 rings (SSSR count). The first-order chi connectivity index (χ1) is 8.54. The second-order valence-electron chi connectivity index (χ2n) is 4.48. The molecule has 0 spiro atoms. The molecule has 100 valence electrons. The maximum Gasteiger partial charge on any atom is 0.416 e. The van der Waals surface area contributed by atoms with Gasteiger partial charge in [0.05, 0.1) is 12.2 Å². The van der Waals surface area contributed by atoms with Crippen LogP contribution in [0.5, 0.6) is 0 Å². The predicted molar refractivity (Wildman–Crippen MR) is 62.2 cm³/mol. The number of hydrogen-bond acceptors (Lipinski definition) is 2.